The second-order valence-electron chi connectivity index (χ2n) is 5.15. The number of aliphatic hydroxyl groups excluding tert-OH is 3. The Kier molecular flexibility index (Phi) is 4.12. The van der Waals surface area contributed by atoms with Crippen LogP contribution in [-0.4, -0.2) is 59.8 Å². The third-order valence-corrected chi connectivity index (χ3v) is 3.81. The molecule has 7 heteroatoms. The van der Waals surface area contributed by atoms with Gasteiger partial charge < -0.3 is 29.4 Å². The summed E-state index contributed by atoms with van der Waals surface area (Å²) < 4.78 is 16.7. The van der Waals surface area contributed by atoms with Crippen LogP contribution in [0.1, 0.15) is 5.56 Å². The standard InChI is InChI=1S/C14H17BO6/c1-2-8-3-5-9(6-4-8)15-20-13-12(18)11(17)10(7-16)19-14(13)21-15/h2-6,10-14,16-18H,1,7H2/t10-,11-,12+,13-,14-/m1/s1. The van der Waals surface area contributed by atoms with Crippen molar-refractivity contribution < 1.29 is 29.4 Å². The molecule has 2 fully saturated rings. The van der Waals surface area contributed by atoms with E-state index in [1.165, 1.54) is 0 Å². The van der Waals surface area contributed by atoms with Crippen molar-refractivity contribution in [2.24, 2.45) is 0 Å². The smallest absolute Gasteiger partial charge is 0.396 e. The number of hydrogen-bond acceptors (Lipinski definition) is 6. The van der Waals surface area contributed by atoms with Gasteiger partial charge in [0.05, 0.1) is 6.61 Å². The largest absolute Gasteiger partial charge is 0.496 e. The summed E-state index contributed by atoms with van der Waals surface area (Å²) in [4.78, 5) is 0. The van der Waals surface area contributed by atoms with Gasteiger partial charge in [-0.2, -0.15) is 0 Å². The van der Waals surface area contributed by atoms with Gasteiger partial charge in [-0.1, -0.05) is 36.9 Å². The maximum absolute atomic E-state index is 10.0. The summed E-state index contributed by atoms with van der Waals surface area (Å²) in [6.45, 7) is 3.29. The Bertz CT molecular complexity index is 507. The van der Waals surface area contributed by atoms with Crippen molar-refractivity contribution in [1.29, 1.82) is 0 Å². The van der Waals surface area contributed by atoms with Crippen molar-refractivity contribution in [3.05, 3.63) is 36.4 Å². The van der Waals surface area contributed by atoms with Gasteiger partial charge in [-0.3, -0.25) is 0 Å². The van der Waals surface area contributed by atoms with Crippen LogP contribution >= 0.6 is 0 Å². The van der Waals surface area contributed by atoms with Gasteiger partial charge in [0.15, 0.2) is 6.29 Å². The first kappa shape index (κ1) is 14.7. The van der Waals surface area contributed by atoms with Gasteiger partial charge in [0.25, 0.3) is 0 Å². The minimum Gasteiger partial charge on any atom is -0.396 e. The molecular weight excluding hydrogens is 275 g/mol. The monoisotopic (exact) mass is 292 g/mol. The van der Waals surface area contributed by atoms with Crippen LogP contribution in [0.3, 0.4) is 0 Å². The van der Waals surface area contributed by atoms with E-state index in [0.29, 0.717) is 0 Å². The zero-order valence-electron chi connectivity index (χ0n) is 11.3. The molecule has 1 aromatic rings. The zero-order chi connectivity index (χ0) is 15.0. The molecule has 6 nitrogen and oxygen atoms in total. The van der Waals surface area contributed by atoms with Crippen molar-refractivity contribution in [3.63, 3.8) is 0 Å². The normalized spacial score (nSPS) is 35.6. The van der Waals surface area contributed by atoms with E-state index in [1.54, 1.807) is 6.08 Å². The molecule has 2 heterocycles. The van der Waals surface area contributed by atoms with Crippen LogP contribution in [-0.2, 0) is 14.0 Å². The Morgan fingerprint density at radius 1 is 1.14 bits per heavy atom. The maximum Gasteiger partial charge on any atom is 0.496 e. The van der Waals surface area contributed by atoms with E-state index in [9.17, 15) is 10.2 Å². The lowest BCUT2D eigenvalue weighted by molar-refractivity contribution is -0.249. The molecule has 3 N–H and O–H groups in total. The number of rotatable bonds is 3. The molecule has 0 aromatic heterocycles. The Labute approximate surface area is 122 Å². The van der Waals surface area contributed by atoms with E-state index in [0.717, 1.165) is 11.0 Å². The van der Waals surface area contributed by atoms with Gasteiger partial charge in [0, 0.05) is 0 Å². The fourth-order valence-corrected chi connectivity index (χ4v) is 2.55. The van der Waals surface area contributed by atoms with Crippen molar-refractivity contribution in [2.75, 3.05) is 6.61 Å². The second-order valence-corrected chi connectivity index (χ2v) is 5.15. The van der Waals surface area contributed by atoms with Gasteiger partial charge in [-0.15, -0.1) is 0 Å². The highest BCUT2D eigenvalue weighted by molar-refractivity contribution is 6.61. The van der Waals surface area contributed by atoms with Crippen molar-refractivity contribution in [2.45, 2.75) is 30.7 Å². The zero-order valence-corrected chi connectivity index (χ0v) is 11.3. The van der Waals surface area contributed by atoms with E-state index >= 15 is 0 Å². The van der Waals surface area contributed by atoms with Gasteiger partial charge in [0.1, 0.15) is 24.4 Å². The van der Waals surface area contributed by atoms with Crippen molar-refractivity contribution in [3.8, 4) is 0 Å². The molecule has 0 spiro atoms. The molecule has 1 aromatic carbocycles. The highest BCUT2D eigenvalue weighted by Gasteiger charge is 2.52. The molecule has 0 amide bonds. The first-order chi connectivity index (χ1) is 10.1. The van der Waals surface area contributed by atoms with Gasteiger partial charge in [0.2, 0.25) is 0 Å². The molecule has 0 bridgehead atoms. The second kappa shape index (κ2) is 5.88. The lowest BCUT2D eigenvalue weighted by Gasteiger charge is -2.37. The van der Waals surface area contributed by atoms with Crippen LogP contribution in [0.15, 0.2) is 30.8 Å². The molecule has 0 unspecified atom stereocenters. The topological polar surface area (TPSA) is 88.4 Å². The summed E-state index contributed by atoms with van der Waals surface area (Å²) >= 11 is 0. The molecule has 0 saturated carbocycles. The predicted molar refractivity (Wildman–Crippen MR) is 75.6 cm³/mol. The predicted octanol–water partition coefficient (Wildman–Crippen LogP) is -1.12. The molecule has 0 aliphatic carbocycles. The number of aliphatic hydroxyl groups is 3. The minimum atomic E-state index is -1.21. The summed E-state index contributed by atoms with van der Waals surface area (Å²) in [6, 6.07) is 7.43. The quantitative estimate of drug-likeness (QED) is 0.612. The molecular formula is C14H17BO6. The van der Waals surface area contributed by atoms with E-state index in [-0.39, 0.29) is 0 Å². The Morgan fingerprint density at radius 3 is 2.48 bits per heavy atom. The first-order valence-corrected chi connectivity index (χ1v) is 6.80. The fraction of sp³-hybridized carbons (Fsp3) is 0.429. The average molecular weight is 292 g/mol. The van der Waals surface area contributed by atoms with E-state index in [2.05, 4.69) is 6.58 Å². The fourth-order valence-electron chi connectivity index (χ4n) is 2.55. The lowest BCUT2D eigenvalue weighted by atomic mass is 9.79. The first-order valence-electron chi connectivity index (χ1n) is 6.80. The van der Waals surface area contributed by atoms with Crippen molar-refractivity contribution >= 4 is 18.7 Å². The minimum absolute atomic E-state index is 0.399. The molecule has 2 saturated heterocycles. The third-order valence-electron chi connectivity index (χ3n) is 3.81. The van der Waals surface area contributed by atoms with Crippen LogP contribution in [0.25, 0.3) is 6.08 Å². The number of benzene rings is 1. The number of fused-ring (bicyclic) bond motifs is 1. The molecule has 5 atom stereocenters. The summed E-state index contributed by atoms with van der Waals surface area (Å²) in [5.74, 6) is 0. The maximum atomic E-state index is 10.0. The Morgan fingerprint density at radius 2 is 1.86 bits per heavy atom. The molecule has 2 aliphatic heterocycles. The van der Waals surface area contributed by atoms with Gasteiger partial charge in [-0.05, 0) is 11.0 Å². The van der Waals surface area contributed by atoms with E-state index in [4.69, 9.17) is 19.2 Å². The molecule has 3 rings (SSSR count). The Balaban J connectivity index is 1.75. The summed E-state index contributed by atoms with van der Waals surface area (Å²) in [6.07, 6.45) is -3.13. The van der Waals surface area contributed by atoms with Gasteiger partial charge in [-0.25, -0.2) is 0 Å². The van der Waals surface area contributed by atoms with Crippen LogP contribution < -0.4 is 5.46 Å². The highest BCUT2D eigenvalue weighted by atomic mass is 16.8. The summed E-state index contributed by atoms with van der Waals surface area (Å²) in [5, 5.41) is 29.0. The lowest BCUT2D eigenvalue weighted by Crippen LogP contribution is -2.57. The molecule has 2 aliphatic rings. The Hall–Kier alpha value is -1.22. The van der Waals surface area contributed by atoms with Crippen LogP contribution in [0.2, 0.25) is 0 Å². The number of ether oxygens (including phenoxy) is 1. The molecule has 112 valence electrons. The molecule has 0 radical (unpaired) electrons. The highest BCUT2D eigenvalue weighted by Crippen LogP contribution is 2.29. The van der Waals surface area contributed by atoms with Crippen LogP contribution in [0, 0.1) is 0 Å². The van der Waals surface area contributed by atoms with Crippen molar-refractivity contribution in [1.82, 2.24) is 0 Å². The number of hydrogen-bond donors (Lipinski definition) is 3. The van der Waals surface area contributed by atoms with Gasteiger partial charge >= 0.3 is 7.12 Å². The SMILES string of the molecule is C=Cc1ccc(B2O[C@H]3O[C@H](CO)[C@@H](O)[C@H](O)[C@H]3O2)cc1. The van der Waals surface area contributed by atoms with Crippen LogP contribution in [0.4, 0.5) is 0 Å². The summed E-state index contributed by atoms with van der Waals surface area (Å²) in [7, 11) is -0.682. The molecule has 21 heavy (non-hydrogen) atoms. The van der Waals surface area contributed by atoms with E-state index < -0.39 is 44.4 Å². The van der Waals surface area contributed by atoms with E-state index in [1.807, 2.05) is 24.3 Å². The van der Waals surface area contributed by atoms with Crippen LogP contribution in [0.5, 0.6) is 0 Å². The summed E-state index contributed by atoms with van der Waals surface area (Å²) in [5.41, 5.74) is 1.75. The third kappa shape index (κ3) is 2.64. The average Bonchev–Trinajstić information content (AvgIpc) is 2.95.